The number of amides is 6. The highest BCUT2D eigenvalue weighted by Gasteiger charge is 2.48. The number of rotatable bonds is 6. The van der Waals surface area contributed by atoms with Gasteiger partial charge in [0.15, 0.2) is 0 Å². The van der Waals surface area contributed by atoms with Gasteiger partial charge in [-0.25, -0.2) is 4.90 Å². The number of hydrogen-bond acceptors (Lipinski definition) is 9. The van der Waals surface area contributed by atoms with Crippen LogP contribution >= 0.6 is 0 Å². The first-order valence-electron chi connectivity index (χ1n) is 18.3. The van der Waals surface area contributed by atoms with Gasteiger partial charge in [0, 0.05) is 18.3 Å². The molecule has 3 aliphatic heterocycles. The van der Waals surface area contributed by atoms with Crippen LogP contribution in [-0.2, 0) is 9.22 Å². The second-order valence-electron chi connectivity index (χ2n) is 15.8. The molecule has 6 amide bonds. The molecule has 2 aliphatic carbocycles. The number of imide groups is 3. The molecule has 13 heteroatoms. The van der Waals surface area contributed by atoms with Crippen molar-refractivity contribution >= 4 is 50.0 Å². The van der Waals surface area contributed by atoms with Crippen LogP contribution in [0.25, 0.3) is 0 Å². The van der Waals surface area contributed by atoms with Crippen molar-refractivity contribution in [1.29, 1.82) is 0 Å². The summed E-state index contributed by atoms with van der Waals surface area (Å²) in [7, 11) is -1.94. The van der Waals surface area contributed by atoms with Gasteiger partial charge in [-0.15, -0.1) is 0 Å². The number of benzene rings is 3. The molecule has 0 radical (unpaired) electrons. The van der Waals surface area contributed by atoms with E-state index >= 15 is 0 Å². The van der Waals surface area contributed by atoms with E-state index < -0.39 is 20.1 Å². The average molecular weight is 765 g/mol. The van der Waals surface area contributed by atoms with Gasteiger partial charge in [-0.05, 0) is 79.2 Å². The fraction of sp³-hybridized carbons (Fsp3) is 0.357. The highest BCUT2D eigenvalue weighted by atomic mass is 28.4. The van der Waals surface area contributed by atoms with Crippen LogP contribution in [0.1, 0.15) is 110 Å². The molecule has 2 saturated carbocycles. The highest BCUT2D eigenvalue weighted by Crippen LogP contribution is 2.40. The van der Waals surface area contributed by atoms with Gasteiger partial charge in [-0.3, -0.25) is 38.6 Å². The van der Waals surface area contributed by atoms with Crippen molar-refractivity contribution < 1.29 is 38.0 Å². The zero-order chi connectivity index (χ0) is 40.4. The average Bonchev–Trinajstić information content (AvgIpc) is 3.98. The number of hydrogen-bond donors (Lipinski definition) is 1. The highest BCUT2D eigenvalue weighted by molar-refractivity contribution is 6.74. The molecule has 3 aromatic carbocycles. The SMILES string of the molecule is CC(C)(C)[Si](C)(C)O/C=C/N1C(=O)c2ccccc2C1=O.C[C@@H]1CC1N1C(=O)c2ccccc2C1=O.C[C@@H]1C[C@H]1N.O=CCN1C(=O)c2ccccc2C1=O. The largest absolute Gasteiger partial charge is 0.548 e. The fourth-order valence-corrected chi connectivity index (χ4v) is 6.54. The molecule has 3 heterocycles. The van der Waals surface area contributed by atoms with Crippen molar-refractivity contribution in [3.8, 4) is 0 Å². The van der Waals surface area contributed by atoms with E-state index in [4.69, 9.17) is 10.2 Å². The van der Waals surface area contributed by atoms with Crippen molar-refractivity contribution in [3.05, 3.63) is 119 Å². The lowest BCUT2D eigenvalue weighted by Gasteiger charge is -2.35. The zero-order valence-corrected chi connectivity index (χ0v) is 33.3. The molecule has 1 unspecified atom stereocenters. The van der Waals surface area contributed by atoms with Crippen LogP contribution in [0.2, 0.25) is 18.1 Å². The molecule has 55 heavy (non-hydrogen) atoms. The van der Waals surface area contributed by atoms with Crippen LogP contribution in [0.4, 0.5) is 0 Å². The van der Waals surface area contributed by atoms with Crippen LogP contribution in [0.15, 0.2) is 85.3 Å². The summed E-state index contributed by atoms with van der Waals surface area (Å²) in [5, 5.41) is 0.0688. The Hall–Kier alpha value is -5.53. The number of carbonyl (C=O) groups excluding carboxylic acids is 7. The standard InChI is InChI=1S/C16H21NO3Si.C12H11NO2.C10H7NO3.C4H9N/c1-16(2,3)21(4,5)20-11-10-17-14(18)12-8-6-7-9-13(12)15(17)19;1-7-6-10(7)13-11(14)8-4-2-3-5-9(8)12(13)15;12-6-5-11-9(13)7-3-1-2-4-8(7)10(11)14;1-3-2-4(3)5/h6-11H,1-5H3;2-5,7,10H,6H2,1H3;1-4,6H,5H2;3-4H,2,5H2,1H3/b11-10+;;;/t;7-,10?;;3-,4-/m.1.1/s1. The Morgan fingerprint density at radius 2 is 1.02 bits per heavy atom. The molecule has 2 fully saturated rings. The number of fused-ring (bicyclic) bond motifs is 3. The van der Waals surface area contributed by atoms with E-state index in [1.54, 1.807) is 72.8 Å². The van der Waals surface area contributed by atoms with E-state index in [-0.39, 0.29) is 41.3 Å². The van der Waals surface area contributed by atoms with E-state index in [2.05, 4.69) is 47.7 Å². The topological polar surface area (TPSA) is 164 Å². The number of nitrogens with two attached hydrogens (primary N) is 1. The van der Waals surface area contributed by atoms with Gasteiger partial charge in [-0.1, -0.05) is 71.0 Å². The summed E-state index contributed by atoms with van der Waals surface area (Å²) in [5.74, 6) is -0.330. The maximum atomic E-state index is 12.2. The molecule has 0 saturated heterocycles. The molecule has 5 aliphatic rings. The maximum absolute atomic E-state index is 12.2. The molecule has 12 nitrogen and oxygen atoms in total. The van der Waals surface area contributed by atoms with E-state index in [9.17, 15) is 33.6 Å². The first-order chi connectivity index (χ1) is 25.9. The van der Waals surface area contributed by atoms with Gasteiger partial charge in [-0.2, -0.15) is 0 Å². The summed E-state index contributed by atoms with van der Waals surface area (Å²) < 4.78 is 5.86. The molecular formula is C42H48N4O8Si. The van der Waals surface area contributed by atoms with E-state index in [1.807, 2.05) is 0 Å². The van der Waals surface area contributed by atoms with E-state index in [0.29, 0.717) is 51.6 Å². The van der Waals surface area contributed by atoms with Crippen molar-refractivity contribution in [2.75, 3.05) is 6.54 Å². The predicted octanol–water partition coefficient (Wildman–Crippen LogP) is 6.30. The maximum Gasteiger partial charge on any atom is 0.265 e. The zero-order valence-electron chi connectivity index (χ0n) is 32.3. The van der Waals surface area contributed by atoms with Crippen molar-refractivity contribution in [3.63, 3.8) is 0 Å². The lowest BCUT2D eigenvalue weighted by atomic mass is 10.1. The Morgan fingerprint density at radius 3 is 1.33 bits per heavy atom. The monoisotopic (exact) mass is 764 g/mol. The lowest BCUT2D eigenvalue weighted by molar-refractivity contribution is -0.108. The van der Waals surface area contributed by atoms with Gasteiger partial charge in [0.05, 0.1) is 46.2 Å². The number of nitrogens with zero attached hydrogens (tertiary/aromatic N) is 3. The van der Waals surface area contributed by atoms with Gasteiger partial charge in [0.2, 0.25) is 8.32 Å². The lowest BCUT2D eigenvalue weighted by Crippen LogP contribution is -2.39. The third kappa shape index (κ3) is 8.58. The Morgan fingerprint density at radius 1 is 0.673 bits per heavy atom. The number of carbonyl (C=O) groups is 7. The molecule has 0 spiro atoms. The van der Waals surface area contributed by atoms with Gasteiger partial charge >= 0.3 is 0 Å². The minimum atomic E-state index is -1.94. The van der Waals surface area contributed by atoms with Gasteiger partial charge in [0.25, 0.3) is 35.4 Å². The minimum Gasteiger partial charge on any atom is -0.548 e. The molecule has 288 valence electrons. The Balaban J connectivity index is 0.000000151. The van der Waals surface area contributed by atoms with Crippen LogP contribution in [0.5, 0.6) is 0 Å². The Bertz CT molecular complexity index is 1960. The van der Waals surface area contributed by atoms with Crippen LogP contribution in [0, 0.1) is 11.8 Å². The van der Waals surface area contributed by atoms with Crippen LogP contribution in [0.3, 0.4) is 0 Å². The molecular weight excluding hydrogens is 717 g/mol. The molecule has 0 aromatic heterocycles. The van der Waals surface area contributed by atoms with E-state index in [0.717, 1.165) is 22.1 Å². The normalized spacial score (nSPS) is 21.9. The summed E-state index contributed by atoms with van der Waals surface area (Å²) in [6, 6.07) is 21.1. The Kier molecular flexibility index (Phi) is 11.9. The fourth-order valence-electron chi connectivity index (χ4n) is 5.78. The van der Waals surface area contributed by atoms with Crippen molar-refractivity contribution in [2.24, 2.45) is 17.6 Å². The van der Waals surface area contributed by atoms with Gasteiger partial charge in [0.1, 0.15) is 6.29 Å². The van der Waals surface area contributed by atoms with Crippen LogP contribution in [-0.4, -0.2) is 83.4 Å². The second-order valence-corrected chi connectivity index (χ2v) is 20.6. The quantitative estimate of drug-likeness (QED) is 0.131. The molecule has 2 N–H and O–H groups in total. The van der Waals surface area contributed by atoms with Crippen molar-refractivity contribution in [2.45, 2.75) is 77.7 Å². The molecule has 4 atom stereocenters. The third-order valence-electron chi connectivity index (χ3n) is 10.7. The minimum absolute atomic E-state index is 0.0688. The first kappa shape index (κ1) is 40.6. The summed E-state index contributed by atoms with van der Waals surface area (Å²) in [6.07, 6.45) is 5.66. The smallest absolute Gasteiger partial charge is 0.265 e. The summed E-state index contributed by atoms with van der Waals surface area (Å²) in [4.78, 5) is 85.0. The summed E-state index contributed by atoms with van der Waals surface area (Å²) in [6.45, 7) is 14.7. The van der Waals surface area contributed by atoms with Crippen LogP contribution < -0.4 is 5.73 Å². The molecule has 8 rings (SSSR count). The van der Waals surface area contributed by atoms with Crippen molar-refractivity contribution in [1.82, 2.24) is 14.7 Å². The Labute approximate surface area is 322 Å². The van der Waals surface area contributed by atoms with E-state index in [1.165, 1.54) is 23.8 Å². The van der Waals surface area contributed by atoms with Gasteiger partial charge < -0.3 is 15.0 Å². The second kappa shape index (κ2) is 16.1. The first-order valence-corrected chi connectivity index (χ1v) is 21.2. The summed E-state index contributed by atoms with van der Waals surface area (Å²) >= 11 is 0. The summed E-state index contributed by atoms with van der Waals surface area (Å²) in [5.41, 5.74) is 8.12. The number of aldehydes is 1. The molecule has 0 bridgehead atoms. The third-order valence-corrected chi connectivity index (χ3v) is 15.1. The molecule has 3 aromatic rings. The predicted molar refractivity (Wildman–Crippen MR) is 209 cm³/mol.